The van der Waals surface area contributed by atoms with E-state index in [0.717, 1.165) is 40.9 Å². The zero-order chi connectivity index (χ0) is 22.1. The largest absolute Gasteiger partial charge is 0.360 e. The number of H-pyrrole nitrogens is 1. The van der Waals surface area contributed by atoms with Crippen molar-refractivity contribution in [1.29, 1.82) is 0 Å². The smallest absolute Gasteiger partial charge is 0.227 e. The number of hydrogen-bond acceptors (Lipinski definition) is 6. The normalized spacial score (nSPS) is 16.2. The summed E-state index contributed by atoms with van der Waals surface area (Å²) in [6.45, 7) is 1.63. The fraction of sp³-hybridized carbons (Fsp3) is 0.217. The van der Waals surface area contributed by atoms with E-state index in [1.54, 1.807) is 6.20 Å². The Morgan fingerprint density at radius 3 is 2.66 bits per heavy atom. The Balaban J connectivity index is 1.38. The van der Waals surface area contributed by atoms with Crippen molar-refractivity contribution in [2.75, 3.05) is 37.0 Å². The van der Waals surface area contributed by atoms with Gasteiger partial charge in [0.25, 0.3) is 0 Å². The number of anilines is 2. The van der Waals surface area contributed by atoms with Crippen molar-refractivity contribution in [2.24, 2.45) is 4.36 Å². The van der Waals surface area contributed by atoms with Crippen molar-refractivity contribution in [3.63, 3.8) is 0 Å². The number of para-hydroxylation sites is 1. The van der Waals surface area contributed by atoms with Gasteiger partial charge in [-0.25, -0.2) is 14.2 Å². The second-order valence-electron chi connectivity index (χ2n) is 7.89. The van der Waals surface area contributed by atoms with Crippen LogP contribution in [0.1, 0.15) is 0 Å². The van der Waals surface area contributed by atoms with Crippen LogP contribution >= 0.6 is 11.6 Å². The number of rotatable bonds is 4. The molecule has 2 aromatic heterocycles. The Labute approximate surface area is 192 Å². The van der Waals surface area contributed by atoms with Crippen molar-refractivity contribution in [2.45, 2.75) is 0 Å². The Hall–Kier alpha value is -2.94. The minimum absolute atomic E-state index is 0.445. The molecular weight excluding hydrogens is 444 g/mol. The van der Waals surface area contributed by atoms with Gasteiger partial charge < -0.3 is 15.2 Å². The molecule has 1 fully saturated rings. The van der Waals surface area contributed by atoms with Crippen molar-refractivity contribution in [3.05, 3.63) is 65.9 Å². The van der Waals surface area contributed by atoms with Gasteiger partial charge in [0.2, 0.25) is 5.95 Å². The van der Waals surface area contributed by atoms with E-state index >= 15 is 0 Å². The molecule has 0 bridgehead atoms. The molecule has 32 heavy (non-hydrogen) atoms. The quantitative estimate of drug-likeness (QED) is 0.438. The number of aromatic nitrogens is 3. The highest BCUT2D eigenvalue weighted by molar-refractivity contribution is 7.93. The molecule has 9 heteroatoms. The van der Waals surface area contributed by atoms with E-state index in [4.69, 9.17) is 11.6 Å². The maximum Gasteiger partial charge on any atom is 0.227 e. The lowest BCUT2D eigenvalue weighted by atomic mass is 10.1. The monoisotopic (exact) mass is 466 g/mol. The minimum Gasteiger partial charge on any atom is -0.360 e. The fourth-order valence-electron chi connectivity index (χ4n) is 3.71. The van der Waals surface area contributed by atoms with Gasteiger partial charge in [-0.1, -0.05) is 29.8 Å². The summed E-state index contributed by atoms with van der Waals surface area (Å²) in [6, 6.07) is 15.5. The topological polar surface area (TPSA) is 86.3 Å². The molecule has 3 heterocycles. The van der Waals surface area contributed by atoms with E-state index in [-0.39, 0.29) is 0 Å². The summed E-state index contributed by atoms with van der Waals surface area (Å²) in [5, 5.41) is 4.75. The van der Waals surface area contributed by atoms with E-state index in [2.05, 4.69) is 29.5 Å². The first-order valence-electron chi connectivity index (χ1n) is 10.4. The molecular formula is C23H23ClN6OS. The average molecular weight is 467 g/mol. The van der Waals surface area contributed by atoms with Gasteiger partial charge >= 0.3 is 0 Å². The summed E-state index contributed by atoms with van der Waals surface area (Å²) in [6.07, 6.45) is 3.51. The van der Waals surface area contributed by atoms with Crippen molar-refractivity contribution >= 4 is 49.6 Å². The van der Waals surface area contributed by atoms with Crippen LogP contribution in [0, 0.1) is 0 Å². The highest BCUT2D eigenvalue weighted by Gasteiger charge is 2.18. The molecule has 1 saturated heterocycles. The summed E-state index contributed by atoms with van der Waals surface area (Å²) in [4.78, 5) is 14.4. The molecule has 1 aliphatic rings. The number of aromatic amines is 1. The molecule has 0 saturated carbocycles. The van der Waals surface area contributed by atoms with Gasteiger partial charge in [-0.3, -0.25) is 0 Å². The van der Waals surface area contributed by atoms with Gasteiger partial charge in [0, 0.05) is 52.9 Å². The predicted molar refractivity (Wildman–Crippen MR) is 132 cm³/mol. The number of benzene rings is 2. The van der Waals surface area contributed by atoms with Crippen LogP contribution in [0.15, 0.2) is 65.3 Å². The summed E-state index contributed by atoms with van der Waals surface area (Å²) in [5.41, 5.74) is 4.14. The summed E-state index contributed by atoms with van der Waals surface area (Å²) >= 11 is 6.42. The highest BCUT2D eigenvalue weighted by Crippen LogP contribution is 2.32. The average Bonchev–Trinajstić information content (AvgIpc) is 3.23. The van der Waals surface area contributed by atoms with Crippen molar-refractivity contribution in [3.8, 4) is 11.3 Å². The lowest BCUT2D eigenvalue weighted by molar-refractivity contribution is 0.366. The molecule has 0 unspecified atom stereocenters. The van der Waals surface area contributed by atoms with Crippen LogP contribution in [0.3, 0.4) is 0 Å². The first-order valence-corrected chi connectivity index (χ1v) is 12.6. The van der Waals surface area contributed by atoms with Gasteiger partial charge in [-0.05, 0) is 37.4 Å². The van der Waals surface area contributed by atoms with E-state index in [0.29, 0.717) is 28.2 Å². The van der Waals surface area contributed by atoms with E-state index in [9.17, 15) is 4.21 Å². The van der Waals surface area contributed by atoms with E-state index in [1.807, 2.05) is 61.8 Å². The molecule has 1 aliphatic heterocycles. The molecule has 0 radical (unpaired) electrons. The summed E-state index contributed by atoms with van der Waals surface area (Å²) < 4.78 is 17.5. The highest BCUT2D eigenvalue weighted by atomic mass is 35.5. The Morgan fingerprint density at radius 2 is 1.88 bits per heavy atom. The first-order chi connectivity index (χ1) is 15.5. The third-order valence-electron chi connectivity index (χ3n) is 5.57. The van der Waals surface area contributed by atoms with E-state index < -0.39 is 9.73 Å². The number of nitrogens with zero attached hydrogens (tertiary/aromatic N) is 4. The van der Waals surface area contributed by atoms with Crippen LogP contribution in [0.2, 0.25) is 5.02 Å². The molecule has 164 valence electrons. The fourth-order valence-corrected chi connectivity index (χ4v) is 5.99. The molecule has 0 spiro atoms. The molecule has 2 aromatic carbocycles. The first kappa shape index (κ1) is 20.9. The molecule has 0 aliphatic carbocycles. The van der Waals surface area contributed by atoms with Crippen LogP contribution in [-0.4, -0.2) is 55.7 Å². The Kier molecular flexibility index (Phi) is 5.58. The second-order valence-corrected chi connectivity index (χ2v) is 10.8. The number of nitrogens with one attached hydrogen (secondary N) is 2. The zero-order valence-corrected chi connectivity index (χ0v) is 19.2. The maximum atomic E-state index is 12.9. The van der Waals surface area contributed by atoms with Crippen molar-refractivity contribution in [1.82, 2.24) is 19.9 Å². The van der Waals surface area contributed by atoms with Crippen LogP contribution < -0.4 is 5.32 Å². The summed E-state index contributed by atoms with van der Waals surface area (Å²) in [7, 11) is -0.137. The second kappa shape index (κ2) is 8.54. The molecule has 0 atom stereocenters. The number of halogens is 1. The van der Waals surface area contributed by atoms with Crippen LogP contribution in [0.4, 0.5) is 17.3 Å². The van der Waals surface area contributed by atoms with Crippen LogP contribution in [0.5, 0.6) is 0 Å². The lowest BCUT2D eigenvalue weighted by Gasteiger charge is -2.24. The third-order valence-corrected chi connectivity index (χ3v) is 8.03. The van der Waals surface area contributed by atoms with Gasteiger partial charge in [-0.2, -0.15) is 4.36 Å². The van der Waals surface area contributed by atoms with Crippen molar-refractivity contribution < 1.29 is 4.21 Å². The molecule has 5 rings (SSSR count). The van der Waals surface area contributed by atoms with Crippen LogP contribution in [0.25, 0.3) is 22.2 Å². The van der Waals surface area contributed by atoms with E-state index in [1.165, 1.54) is 0 Å². The zero-order valence-electron chi connectivity index (χ0n) is 17.6. The van der Waals surface area contributed by atoms with Gasteiger partial charge in [-0.15, -0.1) is 0 Å². The molecule has 0 amide bonds. The number of fused-ring (bicyclic) bond motifs is 1. The van der Waals surface area contributed by atoms with Crippen LogP contribution in [-0.2, 0) is 9.73 Å². The molecule has 4 aromatic rings. The standard InChI is InChI=1S/C23H23ClN6OS/c1-30-10-12-32(31,13-11-30)29-17-8-6-16(7-9-17)27-23-26-15-20(24)22(28-23)19-14-25-21-5-3-2-4-18(19)21/h2-9,14-15,25H,10-13H2,1H3,(H,26,27,28). The van der Waals surface area contributed by atoms with Gasteiger partial charge in [0.15, 0.2) is 0 Å². The minimum atomic E-state index is -2.18. The predicted octanol–water partition coefficient (Wildman–Crippen LogP) is 5.07. The lowest BCUT2D eigenvalue weighted by Crippen LogP contribution is -2.37. The SMILES string of the molecule is CN1CCS(=O)(=Nc2ccc(Nc3ncc(Cl)c(-c4c[nH]c5ccccc45)n3)cc2)CC1. The Morgan fingerprint density at radius 1 is 1.12 bits per heavy atom. The van der Waals surface area contributed by atoms with Gasteiger partial charge in [0.1, 0.15) is 0 Å². The maximum absolute atomic E-state index is 12.9. The molecule has 2 N–H and O–H groups in total. The van der Waals surface area contributed by atoms with Gasteiger partial charge in [0.05, 0.1) is 32.3 Å². The Bertz CT molecular complexity index is 1380. The summed E-state index contributed by atoms with van der Waals surface area (Å²) in [5.74, 6) is 1.66. The number of hydrogen-bond donors (Lipinski definition) is 2. The third kappa shape index (κ3) is 4.34. The molecule has 7 nitrogen and oxygen atoms in total.